The second-order valence-electron chi connectivity index (χ2n) is 9.12. The molecule has 1 aliphatic heterocycles. The van der Waals surface area contributed by atoms with Crippen LogP contribution in [0.2, 0.25) is 0 Å². The Hall–Kier alpha value is -3.66. The predicted octanol–water partition coefficient (Wildman–Crippen LogP) is 2.01. The number of aryl methyl sites for hydroxylation is 1. The molecule has 10 nitrogen and oxygen atoms in total. The van der Waals surface area contributed by atoms with E-state index < -0.39 is 0 Å². The fourth-order valence-electron chi connectivity index (χ4n) is 4.52. The molecule has 0 saturated heterocycles. The normalized spacial score (nSPS) is 19.8. The monoisotopic (exact) mass is 479 g/mol. The largest absolute Gasteiger partial charge is 0.497 e. The minimum absolute atomic E-state index is 0.0374. The SMILES string of the molecule is COc1cccc(CNC(=O)c2cc(C3=NNN(CC4CCC(NC(C)=O)CC4)N3)cc(C)n2)c1. The van der Waals surface area contributed by atoms with Gasteiger partial charge >= 0.3 is 0 Å². The zero-order valence-corrected chi connectivity index (χ0v) is 20.4. The third-order valence-electron chi connectivity index (χ3n) is 6.26. The second kappa shape index (κ2) is 11.2. The molecule has 0 radical (unpaired) electrons. The highest BCUT2D eigenvalue weighted by Gasteiger charge is 2.26. The summed E-state index contributed by atoms with van der Waals surface area (Å²) in [6, 6.07) is 11.5. The first kappa shape index (κ1) is 24.5. The maximum atomic E-state index is 12.8. The van der Waals surface area contributed by atoms with Gasteiger partial charge in [-0.05, 0) is 68.4 Å². The summed E-state index contributed by atoms with van der Waals surface area (Å²) < 4.78 is 5.24. The Morgan fingerprint density at radius 2 is 1.97 bits per heavy atom. The molecule has 2 aliphatic rings. The number of amidine groups is 1. The number of methoxy groups -OCH3 is 1. The number of benzene rings is 1. The van der Waals surface area contributed by atoms with Crippen LogP contribution < -0.4 is 26.3 Å². The minimum atomic E-state index is -0.253. The van der Waals surface area contributed by atoms with Crippen molar-refractivity contribution < 1.29 is 14.3 Å². The van der Waals surface area contributed by atoms with Crippen LogP contribution in [0, 0.1) is 12.8 Å². The lowest BCUT2D eigenvalue weighted by Crippen LogP contribution is -2.46. The summed E-state index contributed by atoms with van der Waals surface area (Å²) in [4.78, 5) is 28.5. The fraction of sp³-hybridized carbons (Fsp3) is 0.440. The Morgan fingerprint density at radius 1 is 1.17 bits per heavy atom. The molecule has 0 atom stereocenters. The van der Waals surface area contributed by atoms with Crippen LogP contribution >= 0.6 is 0 Å². The van der Waals surface area contributed by atoms with Crippen molar-refractivity contribution in [3.63, 3.8) is 0 Å². The Bertz CT molecular complexity index is 1100. The molecule has 35 heavy (non-hydrogen) atoms. The van der Waals surface area contributed by atoms with Gasteiger partial charge in [-0.25, -0.2) is 10.5 Å². The highest BCUT2D eigenvalue weighted by atomic mass is 16.5. The first-order valence-electron chi connectivity index (χ1n) is 11.9. The van der Waals surface area contributed by atoms with Gasteiger partial charge in [-0.1, -0.05) is 12.1 Å². The van der Waals surface area contributed by atoms with Gasteiger partial charge in [0.05, 0.1) is 7.11 Å². The smallest absolute Gasteiger partial charge is 0.270 e. The summed E-state index contributed by atoms with van der Waals surface area (Å²) in [5.41, 5.74) is 9.11. The average molecular weight is 480 g/mol. The van der Waals surface area contributed by atoms with Crippen LogP contribution in [0.3, 0.4) is 0 Å². The molecule has 0 spiro atoms. The number of carbonyl (C=O) groups is 2. The van der Waals surface area contributed by atoms with E-state index in [-0.39, 0.29) is 17.9 Å². The molecule has 0 unspecified atom stereocenters. The van der Waals surface area contributed by atoms with Crippen molar-refractivity contribution in [3.05, 3.63) is 58.9 Å². The number of nitrogens with one attached hydrogen (secondary N) is 4. The number of hydrogen-bond acceptors (Lipinski definition) is 8. The van der Waals surface area contributed by atoms with E-state index in [1.165, 1.54) is 0 Å². The molecule has 1 aromatic carbocycles. The topological polar surface area (TPSA) is 120 Å². The molecule has 1 aliphatic carbocycles. The van der Waals surface area contributed by atoms with Crippen LogP contribution in [0.4, 0.5) is 0 Å². The zero-order valence-electron chi connectivity index (χ0n) is 20.4. The van der Waals surface area contributed by atoms with Gasteiger partial charge in [-0.15, -0.1) is 10.2 Å². The van der Waals surface area contributed by atoms with Crippen LogP contribution in [0.1, 0.15) is 59.9 Å². The van der Waals surface area contributed by atoms with Gasteiger partial charge in [0.15, 0.2) is 5.84 Å². The van der Waals surface area contributed by atoms with Crippen molar-refractivity contribution in [2.75, 3.05) is 13.7 Å². The third kappa shape index (κ3) is 6.69. The van der Waals surface area contributed by atoms with Crippen molar-refractivity contribution in [3.8, 4) is 5.75 Å². The molecular weight excluding hydrogens is 446 g/mol. The number of hydrazine groups is 2. The maximum Gasteiger partial charge on any atom is 0.270 e. The first-order valence-corrected chi connectivity index (χ1v) is 11.9. The molecular formula is C25H33N7O3. The maximum absolute atomic E-state index is 12.8. The van der Waals surface area contributed by atoms with Crippen molar-refractivity contribution >= 4 is 17.6 Å². The van der Waals surface area contributed by atoms with E-state index in [9.17, 15) is 9.59 Å². The highest BCUT2D eigenvalue weighted by molar-refractivity contribution is 6.01. The number of aromatic nitrogens is 1. The van der Waals surface area contributed by atoms with Crippen LogP contribution in [0.5, 0.6) is 5.75 Å². The summed E-state index contributed by atoms with van der Waals surface area (Å²) >= 11 is 0. The number of carbonyl (C=O) groups excluding carboxylic acids is 2. The quantitative estimate of drug-likeness (QED) is 0.457. The lowest BCUT2D eigenvalue weighted by Gasteiger charge is -2.30. The first-order chi connectivity index (χ1) is 16.9. The number of nitrogens with zero attached hydrogens (tertiary/aromatic N) is 3. The van der Waals surface area contributed by atoms with E-state index in [4.69, 9.17) is 4.74 Å². The van der Waals surface area contributed by atoms with Crippen LogP contribution in [-0.4, -0.2) is 47.4 Å². The Labute approximate surface area is 205 Å². The zero-order chi connectivity index (χ0) is 24.8. The lowest BCUT2D eigenvalue weighted by atomic mass is 9.86. The highest BCUT2D eigenvalue weighted by Crippen LogP contribution is 2.25. The van der Waals surface area contributed by atoms with Crippen LogP contribution in [0.25, 0.3) is 0 Å². The van der Waals surface area contributed by atoms with Gasteiger partial charge in [0.2, 0.25) is 5.91 Å². The number of hydrazone groups is 1. The number of rotatable bonds is 8. The lowest BCUT2D eigenvalue weighted by molar-refractivity contribution is -0.119. The average Bonchev–Trinajstić information content (AvgIpc) is 3.32. The Kier molecular flexibility index (Phi) is 7.81. The molecule has 0 bridgehead atoms. The van der Waals surface area contributed by atoms with Crippen molar-refractivity contribution in [1.29, 1.82) is 0 Å². The van der Waals surface area contributed by atoms with E-state index in [1.54, 1.807) is 20.1 Å². The summed E-state index contributed by atoms with van der Waals surface area (Å²) in [7, 11) is 1.62. The summed E-state index contributed by atoms with van der Waals surface area (Å²) in [5.74, 6) is 1.68. The molecule has 1 fully saturated rings. The Balaban J connectivity index is 1.31. The van der Waals surface area contributed by atoms with E-state index in [0.717, 1.165) is 54.8 Å². The number of pyridine rings is 1. The van der Waals surface area contributed by atoms with Gasteiger partial charge in [-0.2, -0.15) is 0 Å². The van der Waals surface area contributed by atoms with Gasteiger partial charge in [-0.3, -0.25) is 15.0 Å². The van der Waals surface area contributed by atoms with Crippen molar-refractivity contribution in [2.24, 2.45) is 11.0 Å². The minimum Gasteiger partial charge on any atom is -0.497 e. The van der Waals surface area contributed by atoms with E-state index in [1.807, 2.05) is 42.4 Å². The fourth-order valence-corrected chi connectivity index (χ4v) is 4.52. The molecule has 1 saturated carbocycles. The molecule has 1 aromatic heterocycles. The third-order valence-corrected chi connectivity index (χ3v) is 6.26. The summed E-state index contributed by atoms with van der Waals surface area (Å²) in [6.07, 6.45) is 4.07. The van der Waals surface area contributed by atoms with E-state index >= 15 is 0 Å². The number of amides is 2. The van der Waals surface area contributed by atoms with E-state index in [2.05, 4.69) is 31.7 Å². The predicted molar refractivity (Wildman–Crippen MR) is 132 cm³/mol. The molecule has 186 valence electrons. The summed E-state index contributed by atoms with van der Waals surface area (Å²) in [5, 5.41) is 12.2. The van der Waals surface area contributed by atoms with Gasteiger partial charge in [0.1, 0.15) is 11.4 Å². The van der Waals surface area contributed by atoms with Gasteiger partial charge in [0, 0.05) is 37.3 Å². The molecule has 4 N–H and O–H groups in total. The van der Waals surface area contributed by atoms with E-state index in [0.29, 0.717) is 24.0 Å². The molecule has 10 heteroatoms. The molecule has 2 aromatic rings. The Morgan fingerprint density at radius 3 is 2.71 bits per heavy atom. The standard InChI is InChI=1S/C25H33N7O3/c1-16-11-20(13-23(27-16)25(34)26-14-19-5-4-6-22(12-19)35-3)24-29-31-32(30-24)15-18-7-9-21(10-8-18)28-17(2)33/h4-6,11-13,18,21,31H,7-10,14-15H2,1-3H3,(H,26,34)(H,28,33)(H,29,30). The molecule has 4 rings (SSSR count). The molecule has 2 heterocycles. The van der Waals surface area contributed by atoms with Gasteiger partial charge < -0.3 is 15.4 Å². The van der Waals surface area contributed by atoms with Gasteiger partial charge in [0.25, 0.3) is 5.91 Å². The van der Waals surface area contributed by atoms with Crippen molar-refractivity contribution in [1.82, 2.24) is 31.7 Å². The summed E-state index contributed by atoms with van der Waals surface area (Å²) in [6.45, 7) is 4.59. The van der Waals surface area contributed by atoms with Crippen LogP contribution in [-0.2, 0) is 11.3 Å². The van der Waals surface area contributed by atoms with Crippen LogP contribution in [0.15, 0.2) is 41.5 Å². The second-order valence-corrected chi connectivity index (χ2v) is 9.12. The molecule has 2 amide bonds. The number of ether oxygens (including phenoxy) is 1. The number of hydrogen-bond donors (Lipinski definition) is 4. The van der Waals surface area contributed by atoms with Crippen molar-refractivity contribution in [2.45, 2.75) is 52.1 Å².